The Kier molecular flexibility index (Phi) is 5.02. The Bertz CT molecular complexity index is 814. The summed E-state index contributed by atoms with van der Waals surface area (Å²) in [5.41, 5.74) is 2.36. The van der Waals surface area contributed by atoms with E-state index in [1.165, 1.54) is 38.5 Å². The summed E-state index contributed by atoms with van der Waals surface area (Å²) in [7, 11) is 0. The Hall–Kier alpha value is -0.340. The number of aliphatic hydroxyl groups is 2. The normalized spacial score (nSPS) is 59.2. The highest BCUT2D eigenvalue weighted by atomic mass is 16.3. The second kappa shape index (κ2) is 6.87. The molecule has 0 aliphatic heterocycles. The summed E-state index contributed by atoms with van der Waals surface area (Å²) in [6.45, 7) is 19.7. The van der Waals surface area contributed by atoms with E-state index in [1.807, 2.05) is 0 Å². The summed E-state index contributed by atoms with van der Waals surface area (Å²) in [4.78, 5) is 0. The molecule has 2 N–H and O–H groups in total. The molecule has 2 heteroatoms. The maximum absolute atomic E-state index is 12.0. The van der Waals surface area contributed by atoms with Gasteiger partial charge in [0.25, 0.3) is 0 Å². The first-order chi connectivity index (χ1) is 14.7. The van der Waals surface area contributed by atoms with Crippen molar-refractivity contribution in [1.82, 2.24) is 0 Å². The summed E-state index contributed by atoms with van der Waals surface area (Å²) in [6.07, 6.45) is 11.5. The summed E-state index contributed by atoms with van der Waals surface area (Å²) in [5, 5.41) is 22.8. The maximum Gasteiger partial charge on any atom is 0.0762 e. The first kappa shape index (κ1) is 23.4. The fraction of sp³-hybridized carbons (Fsp3) is 0.933. The van der Waals surface area contributed by atoms with Crippen LogP contribution < -0.4 is 0 Å². The molecule has 4 fully saturated rings. The second-order valence-corrected chi connectivity index (χ2v) is 14.8. The molecule has 0 radical (unpaired) electrons. The summed E-state index contributed by atoms with van der Waals surface area (Å²) < 4.78 is 0. The van der Waals surface area contributed by atoms with Gasteiger partial charge in [0.15, 0.2) is 0 Å². The van der Waals surface area contributed by atoms with Crippen LogP contribution in [0.2, 0.25) is 0 Å². The predicted octanol–water partition coefficient (Wildman–Crippen LogP) is 7.00. The Labute approximate surface area is 197 Å². The Morgan fingerprint density at radius 3 is 2.19 bits per heavy atom. The molecule has 0 saturated heterocycles. The highest BCUT2D eigenvalue weighted by molar-refractivity contribution is 5.35. The molecular formula is C30H50O2. The van der Waals surface area contributed by atoms with Crippen molar-refractivity contribution in [3.05, 3.63) is 11.6 Å². The zero-order valence-electron chi connectivity index (χ0n) is 22.2. The van der Waals surface area contributed by atoms with Crippen molar-refractivity contribution >= 4 is 0 Å². The van der Waals surface area contributed by atoms with E-state index < -0.39 is 0 Å². The molecule has 11 atom stereocenters. The Morgan fingerprint density at radius 2 is 1.50 bits per heavy atom. The van der Waals surface area contributed by atoms with Crippen molar-refractivity contribution in [3.63, 3.8) is 0 Å². The number of hydrogen-bond acceptors (Lipinski definition) is 2. The topological polar surface area (TPSA) is 40.5 Å². The molecule has 32 heavy (non-hydrogen) atoms. The highest BCUT2D eigenvalue weighted by Gasteiger charge is 2.69. The van der Waals surface area contributed by atoms with Gasteiger partial charge in [-0.3, -0.25) is 0 Å². The third-order valence-corrected chi connectivity index (χ3v) is 13.3. The molecule has 2 nitrogen and oxygen atoms in total. The maximum atomic E-state index is 12.0. The standard InChI is InChI=1S/C30H50O2/c1-18-9-12-27(5)15-16-29(7)20(24(27)19(18)2)17-21(31)25-28(6)13-11-23(32)26(3,4)22(28)10-14-30(25,29)8/h17-19,21-25,31-32H,9-16H2,1-8H3/t18-,19+,21-,22?,23-,24?,25?,27-,28+,29-,30-/m1/s1. The molecule has 0 bridgehead atoms. The fourth-order valence-corrected chi connectivity index (χ4v) is 10.9. The predicted molar refractivity (Wildman–Crippen MR) is 132 cm³/mol. The highest BCUT2D eigenvalue weighted by Crippen LogP contribution is 2.75. The van der Waals surface area contributed by atoms with Crippen LogP contribution in [0.1, 0.15) is 107 Å². The van der Waals surface area contributed by atoms with Crippen LogP contribution in [0.5, 0.6) is 0 Å². The van der Waals surface area contributed by atoms with E-state index in [4.69, 9.17) is 0 Å². The van der Waals surface area contributed by atoms with Crippen LogP contribution in [0.15, 0.2) is 11.6 Å². The molecule has 0 heterocycles. The molecule has 5 rings (SSSR count). The van der Waals surface area contributed by atoms with Gasteiger partial charge in [0.2, 0.25) is 0 Å². The zero-order chi connectivity index (χ0) is 23.5. The Balaban J connectivity index is 1.63. The first-order valence-corrected chi connectivity index (χ1v) is 13.8. The number of rotatable bonds is 0. The largest absolute Gasteiger partial charge is 0.393 e. The third kappa shape index (κ3) is 2.66. The molecular weight excluding hydrogens is 392 g/mol. The molecule has 5 aliphatic rings. The smallest absolute Gasteiger partial charge is 0.0762 e. The van der Waals surface area contributed by atoms with E-state index in [0.717, 1.165) is 18.8 Å². The minimum Gasteiger partial charge on any atom is -0.393 e. The molecule has 0 amide bonds. The molecule has 3 unspecified atom stereocenters. The van der Waals surface area contributed by atoms with Gasteiger partial charge < -0.3 is 10.2 Å². The average Bonchev–Trinajstić information content (AvgIpc) is 2.70. The van der Waals surface area contributed by atoms with Crippen LogP contribution >= 0.6 is 0 Å². The lowest BCUT2D eigenvalue weighted by atomic mass is 9.33. The summed E-state index contributed by atoms with van der Waals surface area (Å²) in [5.74, 6) is 2.85. The minimum absolute atomic E-state index is 0.0720. The molecule has 0 aromatic heterocycles. The number of allylic oxidation sites excluding steroid dienone is 1. The van der Waals surface area contributed by atoms with Crippen molar-refractivity contribution in [3.8, 4) is 0 Å². The van der Waals surface area contributed by atoms with E-state index in [2.05, 4.69) is 61.5 Å². The molecule has 182 valence electrons. The van der Waals surface area contributed by atoms with E-state index in [1.54, 1.807) is 5.57 Å². The summed E-state index contributed by atoms with van der Waals surface area (Å²) >= 11 is 0. The fourth-order valence-electron chi connectivity index (χ4n) is 10.9. The van der Waals surface area contributed by atoms with Gasteiger partial charge in [-0.15, -0.1) is 0 Å². The SMILES string of the molecule is C[C@@H]1CC[C@]2(C)CC[C@]3(C)C(=C[C@@H](O)C4[C@@]5(C)CC[C@@H](O)C(C)(C)C5CC[C@]43C)C2[C@H]1C. The van der Waals surface area contributed by atoms with Crippen LogP contribution in [0.3, 0.4) is 0 Å². The van der Waals surface area contributed by atoms with Gasteiger partial charge in [-0.25, -0.2) is 0 Å². The molecule has 5 aliphatic carbocycles. The lowest BCUT2D eigenvalue weighted by molar-refractivity contribution is -0.225. The molecule has 0 aromatic rings. The third-order valence-electron chi connectivity index (χ3n) is 13.3. The first-order valence-electron chi connectivity index (χ1n) is 13.8. The van der Waals surface area contributed by atoms with Gasteiger partial charge in [0.1, 0.15) is 0 Å². The van der Waals surface area contributed by atoms with Gasteiger partial charge in [0, 0.05) is 5.92 Å². The van der Waals surface area contributed by atoms with Gasteiger partial charge in [-0.1, -0.05) is 67.0 Å². The minimum atomic E-state index is -0.353. The molecule has 0 spiro atoms. The van der Waals surface area contributed by atoms with Gasteiger partial charge in [-0.2, -0.15) is 0 Å². The van der Waals surface area contributed by atoms with E-state index >= 15 is 0 Å². The van der Waals surface area contributed by atoms with Crippen LogP contribution in [0, 0.1) is 56.7 Å². The van der Waals surface area contributed by atoms with Crippen molar-refractivity contribution in [1.29, 1.82) is 0 Å². The van der Waals surface area contributed by atoms with Gasteiger partial charge >= 0.3 is 0 Å². The lowest BCUT2D eigenvalue weighted by Crippen LogP contribution is -2.67. The number of hydrogen-bond donors (Lipinski definition) is 2. The monoisotopic (exact) mass is 442 g/mol. The van der Waals surface area contributed by atoms with Gasteiger partial charge in [0.05, 0.1) is 12.2 Å². The molecule has 0 aromatic carbocycles. The second-order valence-electron chi connectivity index (χ2n) is 14.8. The summed E-state index contributed by atoms with van der Waals surface area (Å²) in [6, 6.07) is 0. The van der Waals surface area contributed by atoms with Crippen LogP contribution in [-0.2, 0) is 0 Å². The number of fused-ring (bicyclic) bond motifs is 7. The van der Waals surface area contributed by atoms with E-state index in [0.29, 0.717) is 23.2 Å². The quantitative estimate of drug-likeness (QED) is 0.397. The van der Waals surface area contributed by atoms with Gasteiger partial charge in [-0.05, 0) is 102 Å². The average molecular weight is 443 g/mol. The van der Waals surface area contributed by atoms with Crippen LogP contribution in [0.25, 0.3) is 0 Å². The van der Waals surface area contributed by atoms with Crippen molar-refractivity contribution in [2.75, 3.05) is 0 Å². The van der Waals surface area contributed by atoms with E-state index in [9.17, 15) is 10.2 Å². The molecule has 4 saturated carbocycles. The van der Waals surface area contributed by atoms with Crippen molar-refractivity contribution in [2.45, 2.75) is 119 Å². The lowest BCUT2D eigenvalue weighted by Gasteiger charge is -2.72. The van der Waals surface area contributed by atoms with Crippen LogP contribution in [0.4, 0.5) is 0 Å². The van der Waals surface area contributed by atoms with Crippen LogP contribution in [-0.4, -0.2) is 22.4 Å². The van der Waals surface area contributed by atoms with Crippen molar-refractivity contribution in [2.24, 2.45) is 56.7 Å². The number of aliphatic hydroxyl groups excluding tert-OH is 2. The van der Waals surface area contributed by atoms with Crippen molar-refractivity contribution < 1.29 is 10.2 Å². The van der Waals surface area contributed by atoms with E-state index in [-0.39, 0.29) is 39.8 Å². The Morgan fingerprint density at radius 1 is 0.812 bits per heavy atom. The zero-order valence-corrected chi connectivity index (χ0v) is 22.2.